The lowest BCUT2D eigenvalue weighted by Gasteiger charge is -2.45. The molecule has 0 bridgehead atoms. The molecule has 0 radical (unpaired) electrons. The van der Waals surface area contributed by atoms with Crippen LogP contribution in [0.5, 0.6) is 0 Å². The SMILES string of the molecule is Cc1ccn(-c2nccc(N3CCC4(OCCN4S(=O)(=O)c4ccccc4)C(F)C3)n2)n1. The summed E-state index contributed by atoms with van der Waals surface area (Å²) in [7, 11) is -3.89. The van der Waals surface area contributed by atoms with Gasteiger partial charge in [0.15, 0.2) is 11.9 Å². The number of benzene rings is 1. The fourth-order valence-corrected chi connectivity index (χ4v) is 6.03. The van der Waals surface area contributed by atoms with Crippen LogP contribution in [0.15, 0.2) is 59.8 Å². The number of halogens is 1. The van der Waals surface area contributed by atoms with Gasteiger partial charge in [-0.3, -0.25) is 0 Å². The molecule has 2 unspecified atom stereocenters. The molecule has 1 spiro atoms. The number of sulfonamides is 1. The van der Waals surface area contributed by atoms with Crippen molar-refractivity contribution in [1.29, 1.82) is 0 Å². The zero-order valence-electron chi connectivity index (χ0n) is 17.5. The second kappa shape index (κ2) is 7.91. The van der Waals surface area contributed by atoms with Crippen LogP contribution in [0.2, 0.25) is 0 Å². The van der Waals surface area contributed by atoms with Crippen LogP contribution in [-0.2, 0) is 14.8 Å². The van der Waals surface area contributed by atoms with Crippen molar-refractivity contribution in [3.8, 4) is 5.95 Å². The maximum atomic E-state index is 15.7. The summed E-state index contributed by atoms with van der Waals surface area (Å²) < 4.78 is 50.7. The Morgan fingerprint density at radius 1 is 1.16 bits per heavy atom. The molecule has 0 aliphatic carbocycles. The van der Waals surface area contributed by atoms with E-state index in [9.17, 15) is 8.42 Å². The zero-order valence-corrected chi connectivity index (χ0v) is 18.3. The van der Waals surface area contributed by atoms with Gasteiger partial charge in [0.2, 0.25) is 10.0 Å². The largest absolute Gasteiger partial charge is 0.355 e. The summed E-state index contributed by atoms with van der Waals surface area (Å²) in [4.78, 5) is 10.7. The molecule has 2 aliphatic heterocycles. The molecule has 2 saturated heterocycles. The van der Waals surface area contributed by atoms with Gasteiger partial charge in [0.05, 0.1) is 23.7 Å². The van der Waals surface area contributed by atoms with Crippen LogP contribution in [0.4, 0.5) is 10.2 Å². The number of rotatable bonds is 4. The third-order valence-corrected chi connectivity index (χ3v) is 7.83. The van der Waals surface area contributed by atoms with Crippen LogP contribution in [0.1, 0.15) is 12.1 Å². The van der Waals surface area contributed by atoms with Crippen molar-refractivity contribution in [2.24, 2.45) is 0 Å². The Balaban J connectivity index is 1.40. The summed E-state index contributed by atoms with van der Waals surface area (Å²) in [5.74, 6) is 0.938. The smallest absolute Gasteiger partial charge is 0.252 e. The molecule has 168 valence electrons. The van der Waals surface area contributed by atoms with E-state index in [0.717, 1.165) is 5.69 Å². The molecule has 2 fully saturated rings. The lowest BCUT2D eigenvalue weighted by molar-refractivity contribution is -0.116. The first-order chi connectivity index (χ1) is 15.4. The van der Waals surface area contributed by atoms with Gasteiger partial charge in [-0.25, -0.2) is 22.5 Å². The molecule has 2 aromatic heterocycles. The number of nitrogens with zero attached hydrogens (tertiary/aromatic N) is 6. The van der Waals surface area contributed by atoms with Crippen LogP contribution in [0, 0.1) is 6.92 Å². The first kappa shape index (κ1) is 21.0. The third-order valence-electron chi connectivity index (χ3n) is 5.89. The van der Waals surface area contributed by atoms with E-state index in [1.807, 2.05) is 13.0 Å². The van der Waals surface area contributed by atoms with Gasteiger partial charge in [-0.15, -0.1) is 0 Å². The average molecular weight is 459 g/mol. The lowest BCUT2D eigenvalue weighted by Crippen LogP contribution is -2.62. The number of alkyl halides is 1. The topological polar surface area (TPSA) is 93.5 Å². The van der Waals surface area contributed by atoms with E-state index in [4.69, 9.17) is 4.74 Å². The number of hydrogen-bond acceptors (Lipinski definition) is 7. The van der Waals surface area contributed by atoms with Crippen LogP contribution in [-0.4, -0.2) is 70.6 Å². The highest BCUT2D eigenvalue weighted by molar-refractivity contribution is 7.89. The highest BCUT2D eigenvalue weighted by Gasteiger charge is 2.56. The van der Waals surface area contributed by atoms with Crippen molar-refractivity contribution in [1.82, 2.24) is 24.1 Å². The molecule has 9 nitrogen and oxygen atoms in total. The highest BCUT2D eigenvalue weighted by atomic mass is 32.2. The molecule has 2 aliphatic rings. The van der Waals surface area contributed by atoms with E-state index in [1.165, 1.54) is 16.4 Å². The summed E-state index contributed by atoms with van der Waals surface area (Å²) in [6, 6.07) is 11.6. The van der Waals surface area contributed by atoms with E-state index in [-0.39, 0.29) is 31.0 Å². The number of piperidine rings is 1. The molecule has 1 aromatic carbocycles. The predicted octanol–water partition coefficient (Wildman–Crippen LogP) is 1.94. The Hall–Kier alpha value is -2.89. The van der Waals surface area contributed by atoms with Crippen molar-refractivity contribution in [3.05, 3.63) is 60.6 Å². The number of ether oxygens (including phenoxy) is 1. The molecule has 3 aromatic rings. The fourth-order valence-electron chi connectivity index (χ4n) is 4.29. The van der Waals surface area contributed by atoms with Crippen molar-refractivity contribution in [2.45, 2.75) is 30.1 Å². The van der Waals surface area contributed by atoms with Gasteiger partial charge in [0, 0.05) is 31.9 Å². The molecule has 0 amide bonds. The first-order valence-electron chi connectivity index (χ1n) is 10.4. The van der Waals surface area contributed by atoms with Gasteiger partial charge in [-0.1, -0.05) is 18.2 Å². The predicted molar refractivity (Wildman–Crippen MR) is 115 cm³/mol. The monoisotopic (exact) mass is 458 g/mol. The van der Waals surface area contributed by atoms with Gasteiger partial charge in [0.25, 0.3) is 5.95 Å². The minimum atomic E-state index is -3.89. The second-order valence-electron chi connectivity index (χ2n) is 7.86. The maximum absolute atomic E-state index is 15.7. The van der Waals surface area contributed by atoms with E-state index in [2.05, 4.69) is 15.1 Å². The van der Waals surface area contributed by atoms with Crippen LogP contribution < -0.4 is 4.90 Å². The molecule has 0 N–H and O–H groups in total. The van der Waals surface area contributed by atoms with Gasteiger partial charge in [-0.2, -0.15) is 14.4 Å². The third kappa shape index (κ3) is 3.46. The number of hydrogen-bond donors (Lipinski definition) is 0. The minimum Gasteiger partial charge on any atom is -0.355 e. The van der Waals surface area contributed by atoms with Gasteiger partial charge < -0.3 is 9.64 Å². The number of anilines is 1. The van der Waals surface area contributed by atoms with Crippen molar-refractivity contribution in [2.75, 3.05) is 31.1 Å². The van der Waals surface area contributed by atoms with E-state index >= 15 is 4.39 Å². The molecule has 11 heteroatoms. The molecular weight excluding hydrogens is 435 g/mol. The molecular formula is C21H23FN6O3S. The molecule has 32 heavy (non-hydrogen) atoms. The summed E-state index contributed by atoms with van der Waals surface area (Å²) in [6.07, 6.45) is 1.99. The molecule has 2 atom stereocenters. The Morgan fingerprint density at radius 2 is 1.97 bits per heavy atom. The Labute approximate surface area is 185 Å². The summed E-state index contributed by atoms with van der Waals surface area (Å²) in [5.41, 5.74) is -0.680. The van der Waals surface area contributed by atoms with Crippen LogP contribution in [0.25, 0.3) is 5.95 Å². The normalized spacial score (nSPS) is 24.3. The van der Waals surface area contributed by atoms with Crippen molar-refractivity contribution >= 4 is 15.8 Å². The first-order valence-corrected chi connectivity index (χ1v) is 11.8. The van der Waals surface area contributed by atoms with Crippen LogP contribution in [0.3, 0.4) is 0 Å². The maximum Gasteiger partial charge on any atom is 0.252 e. The second-order valence-corrected chi connectivity index (χ2v) is 9.73. The summed E-state index contributed by atoms with van der Waals surface area (Å²) in [6.45, 7) is 2.48. The van der Waals surface area contributed by atoms with E-state index in [1.54, 1.807) is 46.2 Å². The highest BCUT2D eigenvalue weighted by Crippen LogP contribution is 2.40. The lowest BCUT2D eigenvalue weighted by atomic mass is 9.98. The van der Waals surface area contributed by atoms with E-state index < -0.39 is 21.9 Å². The van der Waals surface area contributed by atoms with Crippen molar-refractivity contribution in [3.63, 3.8) is 0 Å². The van der Waals surface area contributed by atoms with Gasteiger partial charge in [0.1, 0.15) is 5.82 Å². The van der Waals surface area contributed by atoms with Gasteiger partial charge in [-0.05, 0) is 31.2 Å². The van der Waals surface area contributed by atoms with Crippen molar-refractivity contribution < 1.29 is 17.5 Å². The standard InChI is InChI=1S/C21H23FN6O3S/c1-16-8-11-27(25-16)20-23-10-7-19(24-20)26-12-9-21(18(22)15-26)28(13-14-31-21)32(29,30)17-5-3-2-4-6-17/h2-8,10-11,18H,9,12-15H2,1H3. The Kier molecular flexibility index (Phi) is 5.19. The summed E-state index contributed by atoms with van der Waals surface area (Å²) >= 11 is 0. The Bertz CT molecular complexity index is 1220. The number of aromatic nitrogens is 4. The number of aryl methyl sites for hydroxylation is 1. The fraction of sp³-hybridized carbons (Fsp3) is 0.381. The molecule has 5 rings (SSSR count). The molecule has 4 heterocycles. The zero-order chi connectivity index (χ0) is 22.3. The Morgan fingerprint density at radius 3 is 2.69 bits per heavy atom. The quantitative estimate of drug-likeness (QED) is 0.590. The minimum absolute atomic E-state index is 0.0462. The average Bonchev–Trinajstić information content (AvgIpc) is 3.44. The molecule has 0 saturated carbocycles. The van der Waals surface area contributed by atoms with E-state index in [0.29, 0.717) is 18.3 Å². The van der Waals surface area contributed by atoms with Crippen LogP contribution >= 0.6 is 0 Å². The van der Waals surface area contributed by atoms with Gasteiger partial charge >= 0.3 is 0 Å². The summed E-state index contributed by atoms with van der Waals surface area (Å²) in [5, 5.41) is 4.31.